The van der Waals surface area contributed by atoms with Gasteiger partial charge in [0.15, 0.2) is 5.65 Å². The number of aryl methyl sites for hydroxylation is 1. The van der Waals surface area contributed by atoms with Crippen LogP contribution in [0.25, 0.3) is 11.0 Å². The Kier molecular flexibility index (Phi) is 3.84. The molecule has 0 radical (unpaired) electrons. The first-order chi connectivity index (χ1) is 11.6. The molecule has 3 heterocycles. The van der Waals surface area contributed by atoms with Gasteiger partial charge in [0.1, 0.15) is 18.3 Å². The number of rotatable bonds is 2. The summed E-state index contributed by atoms with van der Waals surface area (Å²) >= 11 is 0. The fraction of sp³-hybridized carbons (Fsp3) is 0.625. The van der Waals surface area contributed by atoms with Crippen LogP contribution in [0.1, 0.15) is 25.7 Å². The van der Waals surface area contributed by atoms with Crippen molar-refractivity contribution < 1.29 is 9.53 Å². The Labute approximate surface area is 139 Å². The van der Waals surface area contributed by atoms with Crippen LogP contribution < -0.4 is 5.56 Å². The normalized spacial score (nSPS) is 24.1. The number of amides is 1. The molecule has 1 aliphatic carbocycles. The van der Waals surface area contributed by atoms with Crippen molar-refractivity contribution in [1.29, 1.82) is 0 Å². The molecule has 4 rings (SSSR count). The summed E-state index contributed by atoms with van der Waals surface area (Å²) in [5.41, 5.74) is 0.303. The largest absolute Gasteiger partial charge is 0.374 e. The van der Waals surface area contributed by atoms with Gasteiger partial charge >= 0.3 is 0 Å². The van der Waals surface area contributed by atoms with Crippen LogP contribution in [0.2, 0.25) is 0 Å². The van der Waals surface area contributed by atoms with Crippen LogP contribution in [-0.2, 0) is 23.1 Å². The molecule has 2 fully saturated rings. The van der Waals surface area contributed by atoms with Crippen molar-refractivity contribution in [3.63, 3.8) is 0 Å². The van der Waals surface area contributed by atoms with E-state index in [-0.39, 0.29) is 30.2 Å². The van der Waals surface area contributed by atoms with E-state index in [0.717, 1.165) is 25.7 Å². The number of aromatic nitrogens is 4. The summed E-state index contributed by atoms with van der Waals surface area (Å²) in [7, 11) is 1.74. The van der Waals surface area contributed by atoms with Gasteiger partial charge < -0.3 is 9.64 Å². The molecule has 2 aromatic heterocycles. The van der Waals surface area contributed by atoms with Gasteiger partial charge in [-0.1, -0.05) is 12.8 Å². The quantitative estimate of drug-likeness (QED) is 0.790. The number of carbonyl (C=O) groups is 1. The second-order valence-electron chi connectivity index (χ2n) is 6.53. The third-order valence-corrected chi connectivity index (χ3v) is 5.08. The van der Waals surface area contributed by atoms with E-state index in [9.17, 15) is 9.59 Å². The lowest BCUT2D eigenvalue weighted by Gasteiger charge is -2.43. The van der Waals surface area contributed by atoms with Gasteiger partial charge in [-0.25, -0.2) is 4.98 Å². The summed E-state index contributed by atoms with van der Waals surface area (Å²) in [6.45, 7) is 1.18. The predicted octanol–water partition coefficient (Wildman–Crippen LogP) is 0.300. The van der Waals surface area contributed by atoms with E-state index in [1.165, 1.54) is 17.1 Å². The van der Waals surface area contributed by atoms with Gasteiger partial charge in [0.05, 0.1) is 24.9 Å². The van der Waals surface area contributed by atoms with Gasteiger partial charge in [-0.3, -0.25) is 18.8 Å². The lowest BCUT2D eigenvalue weighted by atomic mass is 9.90. The minimum absolute atomic E-state index is 0.0138. The second kappa shape index (κ2) is 6.01. The third kappa shape index (κ3) is 2.50. The van der Waals surface area contributed by atoms with E-state index < -0.39 is 0 Å². The molecule has 0 aromatic carbocycles. The predicted molar refractivity (Wildman–Crippen MR) is 86.5 cm³/mol. The average Bonchev–Trinajstić information content (AvgIpc) is 2.98. The average molecular weight is 331 g/mol. The monoisotopic (exact) mass is 331 g/mol. The number of hydrogen-bond acceptors (Lipinski definition) is 5. The second-order valence-corrected chi connectivity index (χ2v) is 6.53. The fourth-order valence-electron chi connectivity index (χ4n) is 3.82. The van der Waals surface area contributed by atoms with E-state index in [1.54, 1.807) is 11.7 Å². The van der Waals surface area contributed by atoms with E-state index in [2.05, 4.69) is 10.1 Å². The highest BCUT2D eigenvalue weighted by atomic mass is 16.5. The molecule has 8 nitrogen and oxygen atoms in total. The van der Waals surface area contributed by atoms with Crippen LogP contribution >= 0.6 is 0 Å². The molecule has 2 aliphatic rings. The minimum Gasteiger partial charge on any atom is -0.374 e. The Morgan fingerprint density at radius 2 is 2.21 bits per heavy atom. The Bertz CT molecular complexity index is 825. The van der Waals surface area contributed by atoms with Gasteiger partial charge in [0.2, 0.25) is 5.91 Å². The molecule has 1 aliphatic heterocycles. The number of hydrogen-bond donors (Lipinski definition) is 0. The lowest BCUT2D eigenvalue weighted by molar-refractivity contribution is -0.150. The topological polar surface area (TPSA) is 82.2 Å². The number of morpholine rings is 1. The first kappa shape index (κ1) is 15.3. The van der Waals surface area contributed by atoms with Gasteiger partial charge in [-0.2, -0.15) is 5.10 Å². The maximum atomic E-state index is 12.8. The molecular formula is C16H21N5O3. The minimum atomic E-state index is -0.227. The smallest absolute Gasteiger partial charge is 0.264 e. The summed E-state index contributed by atoms with van der Waals surface area (Å²) in [5.74, 6) is -0.0395. The van der Waals surface area contributed by atoms with Crippen LogP contribution in [0, 0.1) is 0 Å². The molecule has 1 saturated carbocycles. The maximum absolute atomic E-state index is 12.8. The summed E-state index contributed by atoms with van der Waals surface area (Å²) < 4.78 is 8.74. The Morgan fingerprint density at radius 3 is 3.08 bits per heavy atom. The number of ether oxygens (including phenoxy) is 1. The fourth-order valence-corrected chi connectivity index (χ4v) is 3.82. The number of carbonyl (C=O) groups excluding carboxylic acids is 1. The molecule has 2 atom stereocenters. The van der Waals surface area contributed by atoms with Gasteiger partial charge in [-0.15, -0.1) is 0 Å². The summed E-state index contributed by atoms with van der Waals surface area (Å²) in [6, 6.07) is 0.144. The zero-order valence-electron chi connectivity index (χ0n) is 13.7. The molecule has 128 valence electrons. The van der Waals surface area contributed by atoms with E-state index in [0.29, 0.717) is 24.2 Å². The van der Waals surface area contributed by atoms with Gasteiger partial charge in [0.25, 0.3) is 5.56 Å². The molecule has 8 heteroatoms. The highest BCUT2D eigenvalue weighted by molar-refractivity contribution is 5.77. The Morgan fingerprint density at radius 1 is 1.38 bits per heavy atom. The molecule has 0 unspecified atom stereocenters. The Hall–Kier alpha value is -2.22. The standard InChI is InChI=1S/C16H21N5O3/c1-19-15-11(8-18-19)16(23)20(10-17-15)9-14(22)21-6-7-24-13-5-3-2-4-12(13)21/h8,10,12-13H,2-7,9H2,1H3/t12-,13-/m1/s1. The van der Waals surface area contributed by atoms with Crippen molar-refractivity contribution >= 4 is 16.9 Å². The SMILES string of the molecule is Cn1ncc2c(=O)n(CC(=O)N3CCO[C@@H]4CCCC[C@H]43)cnc21. The van der Waals surface area contributed by atoms with Gasteiger partial charge in [-0.05, 0) is 12.8 Å². The maximum Gasteiger partial charge on any atom is 0.264 e. The van der Waals surface area contributed by atoms with Crippen molar-refractivity contribution in [2.45, 2.75) is 44.4 Å². The van der Waals surface area contributed by atoms with E-state index >= 15 is 0 Å². The highest BCUT2D eigenvalue weighted by Crippen LogP contribution is 2.28. The van der Waals surface area contributed by atoms with E-state index in [4.69, 9.17) is 4.74 Å². The lowest BCUT2D eigenvalue weighted by Crippen LogP contribution is -2.55. The molecule has 24 heavy (non-hydrogen) atoms. The summed E-state index contributed by atoms with van der Waals surface area (Å²) in [4.78, 5) is 31.4. The summed E-state index contributed by atoms with van der Waals surface area (Å²) in [6.07, 6.45) is 7.34. The van der Waals surface area contributed by atoms with E-state index in [1.807, 2.05) is 4.90 Å². The Balaban J connectivity index is 1.57. The third-order valence-electron chi connectivity index (χ3n) is 5.08. The van der Waals surface area contributed by atoms with Crippen molar-refractivity contribution in [3.8, 4) is 0 Å². The molecular weight excluding hydrogens is 310 g/mol. The van der Waals surface area contributed by atoms with Crippen molar-refractivity contribution in [3.05, 3.63) is 22.9 Å². The number of nitrogens with zero attached hydrogens (tertiary/aromatic N) is 5. The van der Waals surface area contributed by atoms with Crippen LogP contribution in [0.4, 0.5) is 0 Å². The molecule has 0 bridgehead atoms. The molecule has 1 amide bonds. The van der Waals surface area contributed by atoms with Gasteiger partial charge in [0, 0.05) is 13.6 Å². The first-order valence-corrected chi connectivity index (χ1v) is 8.43. The zero-order valence-corrected chi connectivity index (χ0v) is 13.7. The molecule has 2 aromatic rings. The summed E-state index contributed by atoms with van der Waals surface area (Å²) in [5, 5.41) is 4.49. The van der Waals surface area contributed by atoms with Crippen molar-refractivity contribution in [1.82, 2.24) is 24.2 Å². The van der Waals surface area contributed by atoms with Crippen LogP contribution in [-0.4, -0.2) is 55.4 Å². The number of fused-ring (bicyclic) bond motifs is 2. The highest BCUT2D eigenvalue weighted by Gasteiger charge is 2.36. The zero-order chi connectivity index (χ0) is 16.7. The van der Waals surface area contributed by atoms with Crippen LogP contribution in [0.5, 0.6) is 0 Å². The van der Waals surface area contributed by atoms with Crippen molar-refractivity contribution in [2.75, 3.05) is 13.2 Å². The molecule has 1 saturated heterocycles. The van der Waals surface area contributed by atoms with Crippen molar-refractivity contribution in [2.24, 2.45) is 7.05 Å². The van der Waals surface area contributed by atoms with Crippen LogP contribution in [0.3, 0.4) is 0 Å². The molecule has 0 N–H and O–H groups in total. The first-order valence-electron chi connectivity index (χ1n) is 8.43. The molecule has 0 spiro atoms. The van der Waals surface area contributed by atoms with Crippen LogP contribution in [0.15, 0.2) is 17.3 Å².